The van der Waals surface area contributed by atoms with Crippen molar-refractivity contribution in [2.45, 2.75) is 45.1 Å². The van der Waals surface area contributed by atoms with E-state index in [2.05, 4.69) is 5.32 Å². The summed E-state index contributed by atoms with van der Waals surface area (Å²) < 4.78 is 14.0. The molecule has 0 aliphatic carbocycles. The number of benzene rings is 1. The van der Waals surface area contributed by atoms with Crippen LogP contribution in [-0.2, 0) is 15.0 Å². The van der Waals surface area contributed by atoms with Crippen molar-refractivity contribution in [1.29, 1.82) is 0 Å². The average Bonchev–Trinajstić information content (AvgIpc) is 2.78. The molecule has 7 heteroatoms. The van der Waals surface area contributed by atoms with Gasteiger partial charge in [0.15, 0.2) is 0 Å². The average molecular weight is 348 g/mol. The largest absolute Gasteiger partial charge is 0.357 e. The van der Waals surface area contributed by atoms with Gasteiger partial charge in [-0.05, 0) is 29.5 Å². The maximum Gasteiger partial charge on any atom is 0.262 e. The molecule has 1 atom stereocenters. The third-order valence-electron chi connectivity index (χ3n) is 4.21. The molecule has 1 heterocycles. The standard InChI is InChI=1S/C18H21FN2O4/c1-18(2,3)12-9-10(19)8-11-14(12)17(25)21(16(11)24)13(6-5-7-22)15(23)20-4/h7-9,13H,5-6H2,1-4H3,(H,20,23). The number of rotatable bonds is 5. The lowest BCUT2D eigenvalue weighted by atomic mass is 9.82. The highest BCUT2D eigenvalue weighted by Crippen LogP contribution is 2.35. The van der Waals surface area contributed by atoms with Gasteiger partial charge in [-0.1, -0.05) is 20.8 Å². The van der Waals surface area contributed by atoms with E-state index in [1.54, 1.807) is 0 Å². The summed E-state index contributed by atoms with van der Waals surface area (Å²) in [4.78, 5) is 49.3. The molecule has 0 saturated carbocycles. The number of hydrogen-bond acceptors (Lipinski definition) is 4. The van der Waals surface area contributed by atoms with Crippen LogP contribution in [0.15, 0.2) is 12.1 Å². The Morgan fingerprint density at radius 3 is 2.44 bits per heavy atom. The van der Waals surface area contributed by atoms with E-state index >= 15 is 0 Å². The Bertz CT molecular complexity index is 752. The summed E-state index contributed by atoms with van der Waals surface area (Å²) in [6, 6.07) is 1.15. The predicted molar refractivity (Wildman–Crippen MR) is 88.8 cm³/mol. The van der Waals surface area contributed by atoms with Crippen molar-refractivity contribution in [2.75, 3.05) is 7.05 Å². The molecule has 0 fully saturated rings. The van der Waals surface area contributed by atoms with Crippen LogP contribution >= 0.6 is 0 Å². The van der Waals surface area contributed by atoms with Crippen LogP contribution in [0.5, 0.6) is 0 Å². The van der Waals surface area contributed by atoms with Crippen LogP contribution in [0.4, 0.5) is 4.39 Å². The molecule has 0 bridgehead atoms. The highest BCUT2D eigenvalue weighted by Gasteiger charge is 2.45. The number of carbonyl (C=O) groups is 4. The van der Waals surface area contributed by atoms with Crippen molar-refractivity contribution in [3.8, 4) is 0 Å². The van der Waals surface area contributed by atoms with Crippen molar-refractivity contribution < 1.29 is 23.6 Å². The molecule has 0 radical (unpaired) electrons. The molecule has 1 aromatic carbocycles. The third-order valence-corrected chi connectivity index (χ3v) is 4.21. The van der Waals surface area contributed by atoms with Crippen LogP contribution in [0.3, 0.4) is 0 Å². The zero-order valence-corrected chi connectivity index (χ0v) is 14.7. The number of aldehydes is 1. The molecule has 134 valence electrons. The van der Waals surface area contributed by atoms with Gasteiger partial charge in [0.25, 0.3) is 11.8 Å². The van der Waals surface area contributed by atoms with Crippen molar-refractivity contribution in [3.63, 3.8) is 0 Å². The van der Waals surface area contributed by atoms with E-state index in [1.807, 2.05) is 20.8 Å². The lowest BCUT2D eigenvalue weighted by Gasteiger charge is -2.25. The maximum absolute atomic E-state index is 14.0. The number of fused-ring (bicyclic) bond motifs is 1. The Kier molecular flexibility index (Phi) is 5.06. The van der Waals surface area contributed by atoms with Crippen LogP contribution in [0.25, 0.3) is 0 Å². The van der Waals surface area contributed by atoms with Gasteiger partial charge in [-0.3, -0.25) is 19.3 Å². The number of imide groups is 1. The van der Waals surface area contributed by atoms with Gasteiger partial charge in [0, 0.05) is 13.5 Å². The summed E-state index contributed by atoms with van der Waals surface area (Å²) in [6.45, 7) is 5.43. The lowest BCUT2D eigenvalue weighted by Crippen LogP contribution is -2.48. The van der Waals surface area contributed by atoms with Gasteiger partial charge >= 0.3 is 0 Å². The van der Waals surface area contributed by atoms with Gasteiger partial charge in [-0.25, -0.2) is 4.39 Å². The van der Waals surface area contributed by atoms with E-state index < -0.39 is 35.0 Å². The monoisotopic (exact) mass is 348 g/mol. The van der Waals surface area contributed by atoms with E-state index in [-0.39, 0.29) is 24.0 Å². The zero-order chi connectivity index (χ0) is 18.9. The van der Waals surface area contributed by atoms with E-state index in [4.69, 9.17) is 0 Å². The SMILES string of the molecule is CNC(=O)C(CCC=O)N1C(=O)c2cc(F)cc(C(C)(C)C)c2C1=O. The molecule has 3 amide bonds. The Balaban J connectivity index is 2.58. The number of hydrogen-bond donors (Lipinski definition) is 1. The summed E-state index contributed by atoms with van der Waals surface area (Å²) in [7, 11) is 1.38. The van der Waals surface area contributed by atoms with Gasteiger partial charge in [0.2, 0.25) is 5.91 Å². The Labute approximate surface area is 145 Å². The van der Waals surface area contributed by atoms with Crippen molar-refractivity contribution in [1.82, 2.24) is 10.2 Å². The number of carbonyl (C=O) groups excluding carboxylic acids is 4. The molecule has 0 spiro atoms. The van der Waals surface area contributed by atoms with Crippen LogP contribution in [-0.4, -0.2) is 42.0 Å². The van der Waals surface area contributed by atoms with Gasteiger partial charge in [-0.15, -0.1) is 0 Å². The molecule has 1 N–H and O–H groups in total. The minimum Gasteiger partial charge on any atom is -0.357 e. The molecule has 1 aliphatic rings. The van der Waals surface area contributed by atoms with E-state index in [0.717, 1.165) is 11.0 Å². The molecular formula is C18H21FN2O4. The topological polar surface area (TPSA) is 83.6 Å². The van der Waals surface area contributed by atoms with Gasteiger partial charge in [-0.2, -0.15) is 0 Å². The molecular weight excluding hydrogens is 327 g/mol. The number of nitrogens with zero attached hydrogens (tertiary/aromatic N) is 1. The predicted octanol–water partition coefficient (Wildman–Crippen LogP) is 1.81. The lowest BCUT2D eigenvalue weighted by molar-refractivity contribution is -0.124. The van der Waals surface area contributed by atoms with Gasteiger partial charge in [0.05, 0.1) is 11.1 Å². The minimum absolute atomic E-state index is 0.0158. The summed E-state index contributed by atoms with van der Waals surface area (Å²) in [5, 5.41) is 2.40. The van der Waals surface area contributed by atoms with Crippen molar-refractivity contribution >= 4 is 24.0 Å². The highest BCUT2D eigenvalue weighted by atomic mass is 19.1. The van der Waals surface area contributed by atoms with E-state index in [0.29, 0.717) is 11.8 Å². The minimum atomic E-state index is -1.11. The second-order valence-corrected chi connectivity index (χ2v) is 6.98. The number of nitrogens with one attached hydrogen (secondary N) is 1. The first kappa shape index (κ1) is 18.8. The highest BCUT2D eigenvalue weighted by molar-refractivity contribution is 6.23. The number of halogens is 1. The molecule has 0 saturated heterocycles. The quantitative estimate of drug-likeness (QED) is 0.650. The molecule has 1 aromatic rings. The maximum atomic E-state index is 14.0. The molecule has 2 rings (SSSR count). The second kappa shape index (κ2) is 6.74. The third kappa shape index (κ3) is 3.31. The Morgan fingerprint density at radius 2 is 1.92 bits per heavy atom. The fourth-order valence-electron chi connectivity index (χ4n) is 2.99. The molecule has 1 aliphatic heterocycles. The fourth-order valence-corrected chi connectivity index (χ4v) is 2.99. The molecule has 25 heavy (non-hydrogen) atoms. The van der Waals surface area contributed by atoms with Crippen LogP contribution in [0.1, 0.15) is 59.9 Å². The number of amides is 3. The molecule has 0 aromatic heterocycles. The second-order valence-electron chi connectivity index (χ2n) is 6.98. The summed E-state index contributed by atoms with van der Waals surface area (Å²) >= 11 is 0. The van der Waals surface area contributed by atoms with Crippen molar-refractivity contribution in [2.24, 2.45) is 0 Å². The van der Waals surface area contributed by atoms with Gasteiger partial charge < -0.3 is 10.1 Å². The summed E-state index contributed by atoms with van der Waals surface area (Å²) in [5.74, 6) is -2.51. The smallest absolute Gasteiger partial charge is 0.262 e. The number of likely N-dealkylation sites (N-methyl/N-ethyl adjacent to an activating group) is 1. The van der Waals surface area contributed by atoms with Crippen molar-refractivity contribution in [3.05, 3.63) is 34.6 Å². The molecule has 6 nitrogen and oxygen atoms in total. The first-order valence-electron chi connectivity index (χ1n) is 8.00. The van der Waals surface area contributed by atoms with E-state index in [9.17, 15) is 23.6 Å². The first-order chi connectivity index (χ1) is 11.6. The zero-order valence-electron chi connectivity index (χ0n) is 14.7. The molecule has 1 unspecified atom stereocenters. The normalized spacial score (nSPS) is 15.2. The Morgan fingerprint density at radius 1 is 1.28 bits per heavy atom. The van der Waals surface area contributed by atoms with Crippen LogP contribution in [0, 0.1) is 5.82 Å². The van der Waals surface area contributed by atoms with E-state index in [1.165, 1.54) is 13.1 Å². The van der Waals surface area contributed by atoms with Crippen LogP contribution < -0.4 is 5.32 Å². The Hall–Kier alpha value is -2.57. The van der Waals surface area contributed by atoms with Crippen LogP contribution in [0.2, 0.25) is 0 Å². The fraction of sp³-hybridized carbons (Fsp3) is 0.444. The summed E-state index contributed by atoms with van der Waals surface area (Å²) in [5.41, 5.74) is -0.0769. The van der Waals surface area contributed by atoms with Gasteiger partial charge in [0.1, 0.15) is 18.1 Å². The summed E-state index contributed by atoms with van der Waals surface area (Å²) in [6.07, 6.45) is 0.655. The first-order valence-corrected chi connectivity index (χ1v) is 8.00.